The Morgan fingerprint density at radius 1 is 1.44 bits per heavy atom. The van der Waals surface area contributed by atoms with Crippen molar-refractivity contribution in [1.82, 2.24) is 10.3 Å². The predicted octanol–water partition coefficient (Wildman–Crippen LogP) is 3.52. The third-order valence-corrected chi connectivity index (χ3v) is 4.32. The molecule has 0 spiro atoms. The molecule has 2 aromatic heterocycles. The molecule has 2 aromatic rings. The summed E-state index contributed by atoms with van der Waals surface area (Å²) in [7, 11) is 1.96. The average molecular weight is 297 g/mol. The smallest absolute Gasteiger partial charge is 0.0770 e. The number of rotatable bonds is 3. The van der Waals surface area contributed by atoms with Crippen LogP contribution in [0.15, 0.2) is 33.6 Å². The first-order chi connectivity index (χ1) is 7.74. The summed E-state index contributed by atoms with van der Waals surface area (Å²) in [5.41, 5.74) is 3.54. The molecule has 16 heavy (non-hydrogen) atoms. The number of aromatic nitrogens is 1. The zero-order valence-electron chi connectivity index (χ0n) is 9.20. The van der Waals surface area contributed by atoms with Crippen molar-refractivity contribution in [2.75, 3.05) is 7.05 Å². The van der Waals surface area contributed by atoms with E-state index in [1.54, 1.807) is 11.3 Å². The van der Waals surface area contributed by atoms with Crippen molar-refractivity contribution in [3.05, 3.63) is 50.4 Å². The molecule has 0 bridgehead atoms. The van der Waals surface area contributed by atoms with Crippen LogP contribution in [0.25, 0.3) is 0 Å². The Labute approximate surface area is 108 Å². The highest BCUT2D eigenvalue weighted by molar-refractivity contribution is 9.10. The first kappa shape index (κ1) is 11.8. The van der Waals surface area contributed by atoms with E-state index in [1.807, 2.05) is 19.3 Å². The lowest BCUT2D eigenvalue weighted by atomic mass is 10.0. The quantitative estimate of drug-likeness (QED) is 0.937. The lowest BCUT2D eigenvalue weighted by Gasteiger charge is -2.17. The highest BCUT2D eigenvalue weighted by Crippen LogP contribution is 2.31. The van der Waals surface area contributed by atoms with E-state index in [0.717, 1.165) is 10.2 Å². The maximum Gasteiger partial charge on any atom is 0.0770 e. The molecule has 0 aromatic carbocycles. The molecule has 4 heteroatoms. The molecule has 2 rings (SSSR count). The molecule has 2 heterocycles. The zero-order valence-corrected chi connectivity index (χ0v) is 11.6. The number of hydrogen-bond acceptors (Lipinski definition) is 3. The van der Waals surface area contributed by atoms with Gasteiger partial charge in [-0.15, -0.1) is 0 Å². The van der Waals surface area contributed by atoms with Crippen LogP contribution >= 0.6 is 27.3 Å². The maximum atomic E-state index is 4.47. The fourth-order valence-corrected chi connectivity index (χ4v) is 3.29. The van der Waals surface area contributed by atoms with Gasteiger partial charge in [0, 0.05) is 16.0 Å². The number of pyridine rings is 1. The fraction of sp³-hybridized carbons (Fsp3) is 0.250. The van der Waals surface area contributed by atoms with Gasteiger partial charge in [0.25, 0.3) is 0 Å². The summed E-state index contributed by atoms with van der Waals surface area (Å²) in [6, 6.07) is 4.21. The second-order valence-corrected chi connectivity index (χ2v) is 5.20. The van der Waals surface area contributed by atoms with Gasteiger partial charge < -0.3 is 5.32 Å². The van der Waals surface area contributed by atoms with Crippen LogP contribution in [-0.4, -0.2) is 12.0 Å². The lowest BCUT2D eigenvalue weighted by Crippen LogP contribution is -2.19. The largest absolute Gasteiger partial charge is 0.308 e. The van der Waals surface area contributed by atoms with E-state index < -0.39 is 0 Å². The van der Waals surface area contributed by atoms with Gasteiger partial charge in [-0.1, -0.05) is 6.07 Å². The van der Waals surface area contributed by atoms with E-state index in [1.165, 1.54) is 11.1 Å². The van der Waals surface area contributed by atoms with Crippen LogP contribution < -0.4 is 5.32 Å². The lowest BCUT2D eigenvalue weighted by molar-refractivity contribution is 0.666. The minimum absolute atomic E-state index is 0.154. The van der Waals surface area contributed by atoms with Gasteiger partial charge >= 0.3 is 0 Å². The Morgan fingerprint density at radius 2 is 2.25 bits per heavy atom. The van der Waals surface area contributed by atoms with Crippen molar-refractivity contribution in [2.45, 2.75) is 13.0 Å². The molecule has 0 aliphatic rings. The molecule has 0 saturated heterocycles. The molecule has 84 valence electrons. The van der Waals surface area contributed by atoms with Crippen LogP contribution in [0.1, 0.15) is 22.9 Å². The molecule has 0 radical (unpaired) electrons. The highest BCUT2D eigenvalue weighted by atomic mass is 79.9. The molecule has 2 nitrogen and oxygen atoms in total. The first-order valence-corrected chi connectivity index (χ1v) is 6.78. The van der Waals surface area contributed by atoms with Crippen LogP contribution in [0.4, 0.5) is 0 Å². The Kier molecular flexibility index (Phi) is 3.74. The van der Waals surface area contributed by atoms with Crippen LogP contribution in [0.2, 0.25) is 0 Å². The van der Waals surface area contributed by atoms with Gasteiger partial charge in [-0.05, 0) is 52.5 Å². The summed E-state index contributed by atoms with van der Waals surface area (Å²) < 4.78 is 1.14. The molecule has 1 N–H and O–H groups in total. The second kappa shape index (κ2) is 5.08. The predicted molar refractivity (Wildman–Crippen MR) is 71.9 cm³/mol. The van der Waals surface area contributed by atoms with E-state index in [0.29, 0.717) is 0 Å². The summed E-state index contributed by atoms with van der Waals surface area (Å²) in [6.07, 6.45) is 1.84. The summed E-state index contributed by atoms with van der Waals surface area (Å²) in [6.45, 7) is 2.09. The Hall–Kier alpha value is -0.710. The third-order valence-electron chi connectivity index (χ3n) is 2.57. The zero-order chi connectivity index (χ0) is 11.5. The van der Waals surface area contributed by atoms with Gasteiger partial charge in [0.1, 0.15) is 0 Å². The number of nitrogens with one attached hydrogen (secondary N) is 1. The minimum Gasteiger partial charge on any atom is -0.308 e. The topological polar surface area (TPSA) is 24.9 Å². The first-order valence-electron chi connectivity index (χ1n) is 5.04. The molecule has 0 aliphatic carbocycles. The molecule has 0 aliphatic heterocycles. The molecule has 0 amide bonds. The van der Waals surface area contributed by atoms with E-state index in [4.69, 9.17) is 0 Å². The normalized spacial score (nSPS) is 12.7. The van der Waals surface area contributed by atoms with Gasteiger partial charge in [-0.25, -0.2) is 0 Å². The van der Waals surface area contributed by atoms with Crippen molar-refractivity contribution in [2.24, 2.45) is 0 Å². The Balaban J connectivity index is 2.45. The van der Waals surface area contributed by atoms with Crippen molar-refractivity contribution < 1.29 is 0 Å². The van der Waals surface area contributed by atoms with Crippen LogP contribution in [0, 0.1) is 6.92 Å². The molecular weight excluding hydrogens is 284 g/mol. The average Bonchev–Trinajstić information content (AvgIpc) is 2.69. The number of aryl methyl sites for hydroxylation is 1. The Bertz CT molecular complexity index is 481. The molecular formula is C12H13BrN2S. The van der Waals surface area contributed by atoms with Crippen molar-refractivity contribution >= 4 is 27.3 Å². The number of nitrogens with zero attached hydrogens (tertiary/aromatic N) is 1. The van der Waals surface area contributed by atoms with Gasteiger partial charge in [0.05, 0.1) is 11.7 Å². The van der Waals surface area contributed by atoms with E-state index in [2.05, 4.69) is 50.0 Å². The van der Waals surface area contributed by atoms with E-state index in [9.17, 15) is 0 Å². The molecule has 1 atom stereocenters. The van der Waals surface area contributed by atoms with Gasteiger partial charge in [-0.3, -0.25) is 4.98 Å². The van der Waals surface area contributed by atoms with Crippen LogP contribution in [0.3, 0.4) is 0 Å². The molecule has 1 unspecified atom stereocenters. The van der Waals surface area contributed by atoms with Crippen molar-refractivity contribution in [1.29, 1.82) is 0 Å². The summed E-state index contributed by atoms with van der Waals surface area (Å²) in [4.78, 5) is 4.47. The van der Waals surface area contributed by atoms with Gasteiger partial charge in [-0.2, -0.15) is 11.3 Å². The number of hydrogen-bond donors (Lipinski definition) is 1. The SMILES string of the molecule is CNC(c1cscc1Br)c1ncccc1C. The maximum absolute atomic E-state index is 4.47. The number of thiophene rings is 1. The monoisotopic (exact) mass is 296 g/mol. The van der Waals surface area contributed by atoms with Gasteiger partial charge in [0.15, 0.2) is 0 Å². The minimum atomic E-state index is 0.154. The summed E-state index contributed by atoms with van der Waals surface area (Å²) in [5, 5.41) is 7.56. The fourth-order valence-electron chi connectivity index (χ4n) is 1.74. The third kappa shape index (κ3) is 2.19. The molecule has 0 fully saturated rings. The number of halogens is 1. The van der Waals surface area contributed by atoms with Crippen LogP contribution in [0.5, 0.6) is 0 Å². The summed E-state index contributed by atoms with van der Waals surface area (Å²) >= 11 is 5.27. The summed E-state index contributed by atoms with van der Waals surface area (Å²) in [5.74, 6) is 0. The van der Waals surface area contributed by atoms with Crippen molar-refractivity contribution in [3.63, 3.8) is 0 Å². The van der Waals surface area contributed by atoms with Crippen molar-refractivity contribution in [3.8, 4) is 0 Å². The Morgan fingerprint density at radius 3 is 2.81 bits per heavy atom. The molecule has 0 saturated carbocycles. The highest BCUT2D eigenvalue weighted by Gasteiger charge is 2.18. The standard InChI is InChI=1S/C12H13BrN2S/c1-8-4-3-5-15-11(8)12(14-2)9-6-16-7-10(9)13/h3-7,12,14H,1-2H3. The van der Waals surface area contributed by atoms with E-state index >= 15 is 0 Å². The second-order valence-electron chi connectivity index (χ2n) is 3.60. The van der Waals surface area contributed by atoms with Crippen LogP contribution in [-0.2, 0) is 0 Å². The van der Waals surface area contributed by atoms with E-state index in [-0.39, 0.29) is 6.04 Å². The van der Waals surface area contributed by atoms with Gasteiger partial charge in [0.2, 0.25) is 0 Å².